The predicted octanol–water partition coefficient (Wildman–Crippen LogP) is 4.70. The van der Waals surface area contributed by atoms with Gasteiger partial charge in [-0.2, -0.15) is 0 Å². The SMILES string of the molecule is CCCCOCCCn1c(C(C)Cl)nc2cc(Br)cnc21. The zero-order chi connectivity index (χ0) is 15.2. The summed E-state index contributed by atoms with van der Waals surface area (Å²) in [6.07, 6.45) is 5.01. The summed E-state index contributed by atoms with van der Waals surface area (Å²) in [5.74, 6) is 0.867. The Bertz CT molecular complexity index is 586. The van der Waals surface area contributed by atoms with Gasteiger partial charge in [0.15, 0.2) is 5.65 Å². The van der Waals surface area contributed by atoms with Gasteiger partial charge in [0.1, 0.15) is 11.3 Å². The summed E-state index contributed by atoms with van der Waals surface area (Å²) in [5, 5.41) is -0.140. The smallest absolute Gasteiger partial charge is 0.160 e. The minimum absolute atomic E-state index is 0.140. The molecule has 0 amide bonds. The van der Waals surface area contributed by atoms with E-state index in [2.05, 4.69) is 37.4 Å². The fraction of sp³-hybridized carbons (Fsp3) is 0.600. The molecular weight excluding hydrogens is 354 g/mol. The zero-order valence-corrected chi connectivity index (χ0v) is 14.8. The van der Waals surface area contributed by atoms with Crippen molar-refractivity contribution in [1.82, 2.24) is 14.5 Å². The average molecular weight is 375 g/mol. The van der Waals surface area contributed by atoms with E-state index in [9.17, 15) is 0 Å². The van der Waals surface area contributed by atoms with Crippen LogP contribution in [0.4, 0.5) is 0 Å². The Hall–Kier alpha value is -0.650. The monoisotopic (exact) mass is 373 g/mol. The first-order chi connectivity index (χ1) is 10.1. The van der Waals surface area contributed by atoms with Gasteiger partial charge >= 0.3 is 0 Å². The molecule has 0 N–H and O–H groups in total. The fourth-order valence-electron chi connectivity index (χ4n) is 2.20. The highest BCUT2D eigenvalue weighted by Crippen LogP contribution is 2.25. The van der Waals surface area contributed by atoms with Crippen LogP contribution in [0.5, 0.6) is 0 Å². The Balaban J connectivity index is 2.08. The highest BCUT2D eigenvalue weighted by molar-refractivity contribution is 9.10. The number of unbranched alkanes of at least 4 members (excludes halogenated alkanes) is 1. The Kier molecular flexibility index (Phi) is 6.45. The number of hydrogen-bond donors (Lipinski definition) is 0. The number of rotatable bonds is 8. The molecule has 0 fully saturated rings. The van der Waals surface area contributed by atoms with Crippen molar-refractivity contribution < 1.29 is 4.74 Å². The van der Waals surface area contributed by atoms with Crippen molar-refractivity contribution >= 4 is 38.7 Å². The number of imidazole rings is 1. The van der Waals surface area contributed by atoms with Crippen molar-refractivity contribution in [2.24, 2.45) is 0 Å². The number of alkyl halides is 1. The summed E-state index contributed by atoms with van der Waals surface area (Å²) in [6, 6.07) is 1.97. The quantitative estimate of drug-likeness (QED) is 0.496. The van der Waals surface area contributed by atoms with Gasteiger partial charge in [-0.15, -0.1) is 11.6 Å². The minimum atomic E-state index is -0.140. The Morgan fingerprint density at radius 1 is 1.38 bits per heavy atom. The second-order valence-electron chi connectivity index (χ2n) is 5.05. The first kappa shape index (κ1) is 16.7. The van der Waals surface area contributed by atoms with Crippen molar-refractivity contribution in [1.29, 1.82) is 0 Å². The average Bonchev–Trinajstić information content (AvgIpc) is 2.80. The van der Waals surface area contributed by atoms with Crippen molar-refractivity contribution in [2.45, 2.75) is 45.0 Å². The van der Waals surface area contributed by atoms with Crippen LogP contribution < -0.4 is 0 Å². The van der Waals surface area contributed by atoms with Crippen LogP contribution in [0.3, 0.4) is 0 Å². The molecule has 0 aliphatic heterocycles. The maximum Gasteiger partial charge on any atom is 0.160 e. The van der Waals surface area contributed by atoms with Gasteiger partial charge in [0, 0.05) is 30.4 Å². The van der Waals surface area contributed by atoms with E-state index in [0.717, 1.165) is 54.1 Å². The van der Waals surface area contributed by atoms with Gasteiger partial charge in [-0.1, -0.05) is 13.3 Å². The number of halogens is 2. The van der Waals surface area contributed by atoms with Crippen molar-refractivity contribution in [3.8, 4) is 0 Å². The van der Waals surface area contributed by atoms with E-state index in [-0.39, 0.29) is 5.38 Å². The summed E-state index contributed by atoms with van der Waals surface area (Å²) in [7, 11) is 0. The molecule has 0 radical (unpaired) electrons. The van der Waals surface area contributed by atoms with Crippen molar-refractivity contribution in [2.75, 3.05) is 13.2 Å². The van der Waals surface area contributed by atoms with Crippen LogP contribution in [0, 0.1) is 0 Å². The van der Waals surface area contributed by atoms with Crippen LogP contribution in [0.15, 0.2) is 16.7 Å². The fourth-order valence-corrected chi connectivity index (χ4v) is 2.69. The molecule has 0 aliphatic rings. The van der Waals surface area contributed by atoms with Crippen LogP contribution in [0.2, 0.25) is 0 Å². The number of ether oxygens (including phenoxy) is 1. The third kappa shape index (κ3) is 4.41. The van der Waals surface area contributed by atoms with Crippen LogP contribution in [-0.4, -0.2) is 27.7 Å². The van der Waals surface area contributed by atoms with Crippen LogP contribution >= 0.6 is 27.5 Å². The first-order valence-electron chi connectivity index (χ1n) is 7.37. The standard InChI is InChI=1S/C15H21BrClN3O/c1-3-4-7-21-8-5-6-20-14(11(2)17)19-13-9-12(16)10-18-15(13)20/h9-11H,3-8H2,1-2H3. The minimum Gasteiger partial charge on any atom is -0.381 e. The summed E-state index contributed by atoms with van der Waals surface area (Å²) in [6.45, 7) is 6.52. The van der Waals surface area contributed by atoms with E-state index in [1.165, 1.54) is 6.42 Å². The molecule has 2 aromatic heterocycles. The maximum atomic E-state index is 6.25. The molecule has 21 heavy (non-hydrogen) atoms. The predicted molar refractivity (Wildman–Crippen MR) is 89.8 cm³/mol. The van der Waals surface area contributed by atoms with Crippen LogP contribution in [0.25, 0.3) is 11.2 Å². The van der Waals surface area contributed by atoms with Gasteiger partial charge in [-0.25, -0.2) is 9.97 Å². The molecule has 0 aliphatic carbocycles. The lowest BCUT2D eigenvalue weighted by Crippen LogP contribution is -2.08. The second-order valence-corrected chi connectivity index (χ2v) is 6.62. The van der Waals surface area contributed by atoms with Gasteiger partial charge in [0.05, 0.1) is 5.38 Å². The Labute approximate surface area is 139 Å². The van der Waals surface area contributed by atoms with E-state index in [1.54, 1.807) is 6.20 Å². The number of fused-ring (bicyclic) bond motifs is 1. The van der Waals surface area contributed by atoms with E-state index in [4.69, 9.17) is 16.3 Å². The van der Waals surface area contributed by atoms with E-state index in [0.29, 0.717) is 0 Å². The summed E-state index contributed by atoms with van der Waals surface area (Å²) in [4.78, 5) is 9.07. The highest BCUT2D eigenvalue weighted by Gasteiger charge is 2.15. The van der Waals surface area contributed by atoms with E-state index in [1.807, 2.05) is 13.0 Å². The van der Waals surface area contributed by atoms with Crippen LogP contribution in [0.1, 0.15) is 44.3 Å². The molecule has 2 rings (SSSR count). The largest absolute Gasteiger partial charge is 0.381 e. The second kappa shape index (κ2) is 8.11. The van der Waals surface area contributed by atoms with Gasteiger partial charge in [-0.3, -0.25) is 0 Å². The molecule has 0 saturated heterocycles. The number of aromatic nitrogens is 3. The molecule has 0 aromatic carbocycles. The normalized spacial score (nSPS) is 13.0. The van der Waals surface area contributed by atoms with Crippen molar-refractivity contribution in [3.63, 3.8) is 0 Å². The molecule has 0 saturated carbocycles. The summed E-state index contributed by atoms with van der Waals surface area (Å²) in [5.41, 5.74) is 1.76. The Morgan fingerprint density at radius 2 is 2.14 bits per heavy atom. The molecule has 4 nitrogen and oxygen atoms in total. The number of aryl methyl sites for hydroxylation is 1. The van der Waals surface area contributed by atoms with Gasteiger partial charge in [-0.05, 0) is 41.8 Å². The van der Waals surface area contributed by atoms with Gasteiger partial charge in [0.25, 0.3) is 0 Å². The lowest BCUT2D eigenvalue weighted by atomic mass is 10.3. The Morgan fingerprint density at radius 3 is 2.86 bits per heavy atom. The molecular formula is C15H21BrClN3O. The first-order valence-corrected chi connectivity index (χ1v) is 8.60. The summed E-state index contributed by atoms with van der Waals surface area (Å²) < 4.78 is 8.64. The van der Waals surface area contributed by atoms with Crippen LogP contribution in [-0.2, 0) is 11.3 Å². The lowest BCUT2D eigenvalue weighted by Gasteiger charge is -2.10. The lowest BCUT2D eigenvalue weighted by molar-refractivity contribution is 0.126. The highest BCUT2D eigenvalue weighted by atomic mass is 79.9. The number of nitrogens with zero attached hydrogens (tertiary/aromatic N) is 3. The third-order valence-electron chi connectivity index (χ3n) is 3.25. The molecule has 1 atom stereocenters. The number of pyridine rings is 1. The summed E-state index contributed by atoms with van der Waals surface area (Å²) >= 11 is 9.67. The van der Waals surface area contributed by atoms with Gasteiger partial charge in [0.2, 0.25) is 0 Å². The third-order valence-corrected chi connectivity index (χ3v) is 3.88. The van der Waals surface area contributed by atoms with Gasteiger partial charge < -0.3 is 9.30 Å². The molecule has 6 heteroatoms. The molecule has 0 spiro atoms. The maximum absolute atomic E-state index is 6.25. The molecule has 116 valence electrons. The van der Waals surface area contributed by atoms with Crippen molar-refractivity contribution in [3.05, 3.63) is 22.6 Å². The molecule has 2 aromatic rings. The molecule has 2 heterocycles. The topological polar surface area (TPSA) is 39.9 Å². The molecule has 0 bridgehead atoms. The zero-order valence-electron chi connectivity index (χ0n) is 12.5. The van der Waals surface area contributed by atoms with E-state index >= 15 is 0 Å². The molecule has 1 unspecified atom stereocenters. The van der Waals surface area contributed by atoms with E-state index < -0.39 is 0 Å². The number of hydrogen-bond acceptors (Lipinski definition) is 3.